The third-order valence-electron chi connectivity index (χ3n) is 2.18. The van der Waals surface area contributed by atoms with Gasteiger partial charge in [-0.05, 0) is 25.1 Å². The van der Waals surface area contributed by atoms with Gasteiger partial charge in [0.2, 0.25) is 5.91 Å². The van der Waals surface area contributed by atoms with Gasteiger partial charge in [0.05, 0.1) is 11.9 Å². The molecular weight excluding hydrogens is 236 g/mol. The molecule has 0 aromatic heterocycles. The minimum absolute atomic E-state index is 0.0169. The van der Waals surface area contributed by atoms with Gasteiger partial charge in [-0.3, -0.25) is 4.79 Å². The van der Waals surface area contributed by atoms with Crippen molar-refractivity contribution >= 4 is 29.0 Å². The van der Waals surface area contributed by atoms with Crippen LogP contribution in [-0.2, 0) is 9.53 Å². The topological polar surface area (TPSA) is 64.3 Å². The first-order valence-electron chi connectivity index (χ1n) is 5.40. The summed E-state index contributed by atoms with van der Waals surface area (Å²) in [4.78, 5) is 11.8. The quantitative estimate of drug-likeness (QED) is 0.602. The zero-order chi connectivity index (χ0) is 12.7. The summed E-state index contributed by atoms with van der Waals surface area (Å²) in [5.41, 5.74) is 7.01. The summed E-state index contributed by atoms with van der Waals surface area (Å²) in [6, 6.07) is 7.16. The Bertz CT molecular complexity index is 371. The molecule has 5 heteroatoms. The third-order valence-corrected chi connectivity index (χ3v) is 3.30. The SMILES string of the molecule is COCCSC(C)C(=O)Nc1cccc(N)c1. The summed E-state index contributed by atoms with van der Waals surface area (Å²) in [5, 5.41) is 2.72. The van der Waals surface area contributed by atoms with Crippen LogP contribution < -0.4 is 11.1 Å². The van der Waals surface area contributed by atoms with E-state index in [4.69, 9.17) is 10.5 Å². The molecule has 0 fully saturated rings. The normalized spacial score (nSPS) is 12.1. The van der Waals surface area contributed by atoms with Crippen molar-refractivity contribution in [3.05, 3.63) is 24.3 Å². The summed E-state index contributed by atoms with van der Waals surface area (Å²) >= 11 is 1.56. The Morgan fingerprint density at radius 1 is 1.59 bits per heavy atom. The molecule has 17 heavy (non-hydrogen) atoms. The van der Waals surface area contributed by atoms with E-state index in [1.807, 2.05) is 19.1 Å². The molecule has 0 aliphatic heterocycles. The Morgan fingerprint density at radius 3 is 3.00 bits per heavy atom. The number of carbonyl (C=O) groups excluding carboxylic acids is 1. The van der Waals surface area contributed by atoms with E-state index < -0.39 is 0 Å². The van der Waals surface area contributed by atoms with E-state index in [-0.39, 0.29) is 11.2 Å². The van der Waals surface area contributed by atoms with E-state index in [9.17, 15) is 4.79 Å². The number of amides is 1. The molecule has 1 unspecified atom stereocenters. The maximum Gasteiger partial charge on any atom is 0.237 e. The van der Waals surface area contributed by atoms with Gasteiger partial charge in [0, 0.05) is 24.2 Å². The van der Waals surface area contributed by atoms with Gasteiger partial charge in [-0.15, -0.1) is 11.8 Å². The zero-order valence-electron chi connectivity index (χ0n) is 10.1. The molecule has 0 radical (unpaired) electrons. The molecule has 0 aliphatic carbocycles. The summed E-state index contributed by atoms with van der Waals surface area (Å²) in [7, 11) is 1.65. The molecule has 3 N–H and O–H groups in total. The lowest BCUT2D eigenvalue weighted by Gasteiger charge is -2.11. The Labute approximate surface area is 106 Å². The van der Waals surface area contributed by atoms with Crippen LogP contribution in [0.15, 0.2) is 24.3 Å². The largest absolute Gasteiger partial charge is 0.399 e. The van der Waals surface area contributed by atoms with Gasteiger partial charge in [0.15, 0.2) is 0 Å². The van der Waals surface area contributed by atoms with Crippen molar-refractivity contribution in [1.29, 1.82) is 0 Å². The van der Waals surface area contributed by atoms with Crippen molar-refractivity contribution in [2.75, 3.05) is 30.5 Å². The predicted molar refractivity (Wildman–Crippen MR) is 73.3 cm³/mol. The van der Waals surface area contributed by atoms with Crippen LogP contribution in [0.3, 0.4) is 0 Å². The molecule has 0 spiro atoms. The second-order valence-corrected chi connectivity index (χ2v) is 5.07. The number of hydrogen-bond donors (Lipinski definition) is 2. The van der Waals surface area contributed by atoms with Crippen LogP contribution in [0.2, 0.25) is 0 Å². The number of ether oxygens (including phenoxy) is 1. The number of benzene rings is 1. The molecule has 0 aliphatic rings. The monoisotopic (exact) mass is 254 g/mol. The van der Waals surface area contributed by atoms with Crippen molar-refractivity contribution in [3.8, 4) is 0 Å². The third kappa shape index (κ3) is 5.10. The number of hydrogen-bond acceptors (Lipinski definition) is 4. The van der Waals surface area contributed by atoms with Crippen molar-refractivity contribution in [3.63, 3.8) is 0 Å². The standard InChI is InChI=1S/C12H18N2O2S/c1-9(17-7-6-16-2)12(15)14-11-5-3-4-10(13)8-11/h3-5,8-9H,6-7,13H2,1-2H3,(H,14,15). The minimum atomic E-state index is -0.105. The zero-order valence-corrected chi connectivity index (χ0v) is 10.9. The van der Waals surface area contributed by atoms with E-state index in [2.05, 4.69) is 5.32 Å². The van der Waals surface area contributed by atoms with Crippen LogP contribution >= 0.6 is 11.8 Å². The van der Waals surface area contributed by atoms with Crippen LogP contribution in [0.1, 0.15) is 6.92 Å². The van der Waals surface area contributed by atoms with Crippen LogP contribution in [-0.4, -0.2) is 30.6 Å². The molecule has 1 aromatic rings. The Kier molecular flexibility index (Phi) is 5.86. The van der Waals surface area contributed by atoms with Crippen molar-refractivity contribution in [2.24, 2.45) is 0 Å². The second-order valence-electron chi connectivity index (χ2n) is 3.62. The number of carbonyl (C=O) groups is 1. The lowest BCUT2D eigenvalue weighted by atomic mass is 10.3. The fourth-order valence-electron chi connectivity index (χ4n) is 1.24. The summed E-state index contributed by atoms with van der Waals surface area (Å²) < 4.78 is 4.94. The summed E-state index contributed by atoms with van der Waals surface area (Å²) in [5.74, 6) is 0.791. The highest BCUT2D eigenvalue weighted by Crippen LogP contribution is 2.15. The molecule has 1 atom stereocenters. The molecule has 0 saturated heterocycles. The average Bonchev–Trinajstić information content (AvgIpc) is 2.29. The highest BCUT2D eigenvalue weighted by atomic mass is 32.2. The summed E-state index contributed by atoms with van der Waals surface area (Å²) in [6.45, 7) is 2.53. The molecule has 1 aromatic carbocycles. The lowest BCUT2D eigenvalue weighted by Crippen LogP contribution is -2.23. The van der Waals surface area contributed by atoms with Gasteiger partial charge in [0.25, 0.3) is 0 Å². The Hall–Kier alpha value is -1.20. The Morgan fingerprint density at radius 2 is 2.35 bits per heavy atom. The molecule has 1 rings (SSSR count). The van der Waals surface area contributed by atoms with E-state index >= 15 is 0 Å². The number of rotatable bonds is 6. The van der Waals surface area contributed by atoms with Gasteiger partial charge in [0.1, 0.15) is 0 Å². The van der Waals surface area contributed by atoms with Crippen LogP contribution in [0.4, 0.5) is 11.4 Å². The van der Waals surface area contributed by atoms with Gasteiger partial charge < -0.3 is 15.8 Å². The smallest absolute Gasteiger partial charge is 0.237 e. The fourth-order valence-corrected chi connectivity index (χ4v) is 2.07. The van der Waals surface area contributed by atoms with Crippen molar-refractivity contribution < 1.29 is 9.53 Å². The number of anilines is 2. The first-order valence-corrected chi connectivity index (χ1v) is 6.45. The van der Waals surface area contributed by atoms with Crippen LogP contribution in [0.5, 0.6) is 0 Å². The number of methoxy groups -OCH3 is 1. The van der Waals surface area contributed by atoms with Crippen molar-refractivity contribution in [2.45, 2.75) is 12.2 Å². The highest BCUT2D eigenvalue weighted by molar-refractivity contribution is 8.00. The van der Waals surface area contributed by atoms with E-state index in [1.165, 1.54) is 0 Å². The maximum atomic E-state index is 11.8. The number of nitrogens with two attached hydrogens (primary N) is 1. The van der Waals surface area contributed by atoms with Crippen molar-refractivity contribution in [1.82, 2.24) is 0 Å². The molecule has 0 saturated carbocycles. The fraction of sp³-hybridized carbons (Fsp3) is 0.417. The second kappa shape index (κ2) is 7.19. The van der Waals surface area contributed by atoms with Gasteiger partial charge in [-0.1, -0.05) is 6.07 Å². The molecule has 0 bridgehead atoms. The first-order chi connectivity index (χ1) is 8.13. The molecule has 4 nitrogen and oxygen atoms in total. The average molecular weight is 254 g/mol. The molecule has 94 valence electrons. The predicted octanol–water partition coefficient (Wildman–Crippen LogP) is 1.98. The number of thioether (sulfide) groups is 1. The maximum absolute atomic E-state index is 11.8. The van der Waals surface area contributed by atoms with E-state index in [0.29, 0.717) is 12.3 Å². The van der Waals surface area contributed by atoms with Gasteiger partial charge in [-0.2, -0.15) is 0 Å². The molecular formula is C12H18N2O2S. The lowest BCUT2D eigenvalue weighted by molar-refractivity contribution is -0.115. The number of nitrogens with one attached hydrogen (secondary N) is 1. The van der Waals surface area contributed by atoms with E-state index in [1.54, 1.807) is 31.0 Å². The first kappa shape index (κ1) is 13.9. The van der Waals surface area contributed by atoms with Crippen LogP contribution in [0.25, 0.3) is 0 Å². The molecule has 0 heterocycles. The van der Waals surface area contributed by atoms with E-state index in [0.717, 1.165) is 11.4 Å². The highest BCUT2D eigenvalue weighted by Gasteiger charge is 2.13. The Balaban J connectivity index is 2.43. The summed E-state index contributed by atoms with van der Waals surface area (Å²) in [6.07, 6.45) is 0. The number of nitrogen functional groups attached to an aromatic ring is 1. The van der Waals surface area contributed by atoms with Gasteiger partial charge in [-0.25, -0.2) is 0 Å². The molecule has 1 amide bonds. The van der Waals surface area contributed by atoms with Crippen LogP contribution in [0, 0.1) is 0 Å². The minimum Gasteiger partial charge on any atom is -0.399 e. The van der Waals surface area contributed by atoms with Gasteiger partial charge >= 0.3 is 0 Å².